The van der Waals surface area contributed by atoms with E-state index in [1.165, 1.54) is 36.3 Å². The summed E-state index contributed by atoms with van der Waals surface area (Å²) in [5.74, 6) is -1.22. The number of rotatable bonds is 15. The van der Waals surface area contributed by atoms with Crippen LogP contribution in [-0.4, -0.2) is 51.4 Å². The molecule has 1 atom stereocenters. The number of benzene rings is 4. The van der Waals surface area contributed by atoms with Crippen LogP contribution in [-0.2, 0) is 32.6 Å². The molecule has 0 aliphatic heterocycles. The van der Waals surface area contributed by atoms with Crippen LogP contribution >= 0.6 is 0 Å². The number of halogens is 1. The summed E-state index contributed by atoms with van der Waals surface area (Å²) in [5, 5.41) is 2.93. The van der Waals surface area contributed by atoms with E-state index in [1.54, 1.807) is 48.5 Å². The van der Waals surface area contributed by atoms with Crippen LogP contribution in [0.2, 0.25) is 0 Å². The highest BCUT2D eigenvalue weighted by Gasteiger charge is 2.35. The lowest BCUT2D eigenvalue weighted by Gasteiger charge is -2.34. The molecule has 0 saturated carbocycles. The quantitative estimate of drug-likeness (QED) is 0.163. The Morgan fingerprint density at radius 3 is 2.28 bits per heavy atom. The summed E-state index contributed by atoms with van der Waals surface area (Å²) in [7, 11) is -2.81. The average Bonchev–Trinajstić information content (AvgIpc) is 3.06. The van der Waals surface area contributed by atoms with Gasteiger partial charge in [0.1, 0.15) is 24.2 Å². The van der Waals surface area contributed by atoms with Crippen molar-refractivity contribution in [3.05, 3.63) is 126 Å². The lowest BCUT2D eigenvalue weighted by atomic mass is 10.0. The molecule has 8 nitrogen and oxygen atoms in total. The van der Waals surface area contributed by atoms with Crippen molar-refractivity contribution in [3.8, 4) is 5.75 Å². The van der Waals surface area contributed by atoms with Gasteiger partial charge in [-0.2, -0.15) is 0 Å². The maximum Gasteiger partial charge on any atom is 0.264 e. The lowest BCUT2D eigenvalue weighted by molar-refractivity contribution is -0.140. The predicted octanol–water partition coefficient (Wildman–Crippen LogP) is 5.89. The third-order valence-electron chi connectivity index (χ3n) is 7.63. The first kappa shape index (κ1) is 34.2. The second kappa shape index (κ2) is 16.0. The van der Waals surface area contributed by atoms with E-state index in [0.717, 1.165) is 28.3 Å². The van der Waals surface area contributed by atoms with Gasteiger partial charge in [0.15, 0.2) is 0 Å². The second-order valence-electron chi connectivity index (χ2n) is 11.0. The van der Waals surface area contributed by atoms with Crippen LogP contribution in [0.5, 0.6) is 5.75 Å². The first-order valence-corrected chi connectivity index (χ1v) is 16.7. The fourth-order valence-corrected chi connectivity index (χ4v) is 6.41. The summed E-state index contributed by atoms with van der Waals surface area (Å²) in [6.45, 7) is 3.36. The van der Waals surface area contributed by atoms with Crippen molar-refractivity contribution in [1.82, 2.24) is 10.2 Å². The number of ether oxygens (including phenoxy) is 1. The van der Waals surface area contributed by atoms with Crippen molar-refractivity contribution in [2.75, 3.05) is 24.5 Å². The molecule has 2 amide bonds. The van der Waals surface area contributed by atoms with E-state index in [2.05, 4.69) is 5.32 Å². The average molecular weight is 646 g/mol. The zero-order chi connectivity index (χ0) is 33.1. The van der Waals surface area contributed by atoms with E-state index in [0.29, 0.717) is 12.3 Å². The number of methoxy groups -OCH3 is 1. The molecule has 0 fully saturated rings. The molecule has 0 unspecified atom stereocenters. The van der Waals surface area contributed by atoms with Crippen molar-refractivity contribution >= 4 is 27.5 Å². The molecule has 0 heterocycles. The molecule has 10 heteroatoms. The number of aryl methyl sites for hydroxylation is 1. The van der Waals surface area contributed by atoms with Crippen LogP contribution in [0.25, 0.3) is 0 Å². The molecule has 46 heavy (non-hydrogen) atoms. The summed E-state index contributed by atoms with van der Waals surface area (Å²) >= 11 is 0. The summed E-state index contributed by atoms with van der Waals surface area (Å²) < 4.78 is 49.7. The van der Waals surface area contributed by atoms with Gasteiger partial charge in [-0.25, -0.2) is 12.8 Å². The highest BCUT2D eigenvalue weighted by Crippen LogP contribution is 2.28. The Morgan fingerprint density at radius 2 is 1.61 bits per heavy atom. The number of hydrogen-bond donors (Lipinski definition) is 1. The number of hydrogen-bond acceptors (Lipinski definition) is 5. The Hall–Kier alpha value is -4.70. The zero-order valence-corrected chi connectivity index (χ0v) is 27.2. The van der Waals surface area contributed by atoms with Crippen molar-refractivity contribution in [1.29, 1.82) is 0 Å². The first-order valence-electron chi connectivity index (χ1n) is 15.2. The normalized spacial score (nSPS) is 11.8. The Kier molecular flexibility index (Phi) is 11.9. The van der Waals surface area contributed by atoms with Gasteiger partial charge in [0.2, 0.25) is 11.8 Å². The van der Waals surface area contributed by atoms with Crippen LogP contribution < -0.4 is 14.4 Å². The number of sulfonamides is 1. The lowest BCUT2D eigenvalue weighted by Crippen LogP contribution is -2.53. The van der Waals surface area contributed by atoms with Gasteiger partial charge in [0.05, 0.1) is 17.7 Å². The Labute approximate surface area is 270 Å². The number of carbonyl (C=O) groups excluding carboxylic acids is 2. The summed E-state index contributed by atoms with van der Waals surface area (Å²) in [6, 6.07) is 26.9. The molecule has 0 radical (unpaired) electrons. The maximum atomic E-state index is 15.0. The van der Waals surface area contributed by atoms with E-state index < -0.39 is 40.2 Å². The van der Waals surface area contributed by atoms with Crippen LogP contribution in [0.15, 0.2) is 108 Å². The number of nitrogens with one attached hydrogen (secondary N) is 1. The fraction of sp³-hybridized carbons (Fsp3) is 0.278. The molecule has 0 saturated heterocycles. The number of anilines is 1. The standard InChI is InChI=1S/C36H40FN3O5S/c1-4-5-22-38-36(42)34(23-28-12-7-6-8-13-28)39(25-29-14-9-10-17-33(29)37)35(41)26-40(30-15-11-16-31(24-30)45-3)46(43,44)32-20-18-27(2)19-21-32/h6-21,24,34H,4-5,22-23,25-26H2,1-3H3,(H,38,42)/t34-/m0/s1. The van der Waals surface area contributed by atoms with Crippen molar-refractivity contribution in [3.63, 3.8) is 0 Å². The Bertz CT molecular complexity index is 1720. The number of carbonyl (C=O) groups is 2. The molecule has 0 spiro atoms. The van der Waals surface area contributed by atoms with Gasteiger partial charge in [-0.15, -0.1) is 0 Å². The van der Waals surface area contributed by atoms with Crippen molar-refractivity contribution in [2.45, 2.75) is 50.6 Å². The Morgan fingerprint density at radius 1 is 0.913 bits per heavy atom. The molecule has 0 aliphatic carbocycles. The number of unbranched alkanes of at least 4 members (excludes halogenated alkanes) is 1. The third kappa shape index (κ3) is 8.72. The van der Waals surface area contributed by atoms with Gasteiger partial charge in [0.25, 0.3) is 10.0 Å². The molecule has 242 valence electrons. The van der Waals surface area contributed by atoms with Gasteiger partial charge in [0, 0.05) is 31.1 Å². The number of nitrogens with zero attached hydrogens (tertiary/aromatic N) is 2. The molecule has 0 bridgehead atoms. The van der Waals surface area contributed by atoms with E-state index in [4.69, 9.17) is 4.74 Å². The minimum atomic E-state index is -4.27. The van der Waals surface area contributed by atoms with Gasteiger partial charge < -0.3 is 15.0 Å². The minimum absolute atomic E-state index is 0.00693. The van der Waals surface area contributed by atoms with E-state index >= 15 is 4.39 Å². The molecule has 0 aliphatic rings. The molecule has 4 aromatic rings. The molecule has 4 rings (SSSR count). The smallest absolute Gasteiger partial charge is 0.264 e. The molecule has 1 N–H and O–H groups in total. The number of amides is 2. The second-order valence-corrected chi connectivity index (χ2v) is 12.9. The molecule has 0 aromatic heterocycles. The highest BCUT2D eigenvalue weighted by molar-refractivity contribution is 7.92. The first-order chi connectivity index (χ1) is 22.1. The largest absolute Gasteiger partial charge is 0.497 e. The van der Waals surface area contributed by atoms with Crippen LogP contribution in [0.4, 0.5) is 10.1 Å². The Balaban J connectivity index is 1.81. The van der Waals surface area contributed by atoms with E-state index in [-0.39, 0.29) is 29.1 Å². The molecule has 4 aromatic carbocycles. The SMILES string of the molecule is CCCCNC(=O)[C@H](Cc1ccccc1)N(Cc1ccccc1F)C(=O)CN(c1cccc(OC)c1)S(=O)(=O)c1ccc(C)cc1. The summed E-state index contributed by atoms with van der Waals surface area (Å²) in [5.41, 5.74) is 2.06. The summed E-state index contributed by atoms with van der Waals surface area (Å²) in [4.78, 5) is 29.5. The predicted molar refractivity (Wildman–Crippen MR) is 178 cm³/mol. The van der Waals surface area contributed by atoms with Crippen LogP contribution in [0.3, 0.4) is 0 Å². The highest BCUT2D eigenvalue weighted by atomic mass is 32.2. The van der Waals surface area contributed by atoms with Gasteiger partial charge in [-0.3, -0.25) is 13.9 Å². The van der Waals surface area contributed by atoms with Crippen molar-refractivity contribution in [2.24, 2.45) is 0 Å². The monoisotopic (exact) mass is 645 g/mol. The summed E-state index contributed by atoms with van der Waals surface area (Å²) in [6.07, 6.45) is 1.74. The third-order valence-corrected chi connectivity index (χ3v) is 9.42. The van der Waals surface area contributed by atoms with Crippen molar-refractivity contribution < 1.29 is 27.1 Å². The van der Waals surface area contributed by atoms with Gasteiger partial charge in [-0.05, 0) is 49.2 Å². The van der Waals surface area contributed by atoms with Gasteiger partial charge in [-0.1, -0.05) is 85.6 Å². The molecular formula is C36H40FN3O5S. The van der Waals surface area contributed by atoms with Crippen LogP contribution in [0.1, 0.15) is 36.5 Å². The molecular weight excluding hydrogens is 605 g/mol. The minimum Gasteiger partial charge on any atom is -0.497 e. The maximum absolute atomic E-state index is 15.0. The topological polar surface area (TPSA) is 96.0 Å². The van der Waals surface area contributed by atoms with Gasteiger partial charge >= 0.3 is 0 Å². The zero-order valence-electron chi connectivity index (χ0n) is 26.4. The van der Waals surface area contributed by atoms with E-state index in [9.17, 15) is 18.0 Å². The fourth-order valence-electron chi connectivity index (χ4n) is 5.00. The van der Waals surface area contributed by atoms with E-state index in [1.807, 2.05) is 44.2 Å². The van der Waals surface area contributed by atoms with Crippen LogP contribution in [0, 0.1) is 12.7 Å².